The molecule has 0 saturated carbocycles. The highest BCUT2D eigenvalue weighted by molar-refractivity contribution is 5.31. The Morgan fingerprint density at radius 3 is 2.82 bits per heavy atom. The zero-order valence-corrected chi connectivity index (χ0v) is 9.38. The van der Waals surface area contributed by atoms with Gasteiger partial charge < -0.3 is 0 Å². The Labute approximate surface area is 100 Å². The van der Waals surface area contributed by atoms with Gasteiger partial charge >= 0.3 is 0 Å². The average Bonchev–Trinajstić information content (AvgIpc) is 2.86. The molecule has 0 spiro atoms. The summed E-state index contributed by atoms with van der Waals surface area (Å²) < 4.78 is 1.80. The number of nitrogens with zero attached hydrogens (tertiary/aromatic N) is 2. The van der Waals surface area contributed by atoms with Crippen molar-refractivity contribution >= 4 is 0 Å². The minimum atomic E-state index is -0.0579. The van der Waals surface area contributed by atoms with E-state index in [0.29, 0.717) is 6.42 Å². The summed E-state index contributed by atoms with van der Waals surface area (Å²) in [4.78, 5) is 0. The van der Waals surface area contributed by atoms with Crippen molar-refractivity contribution in [1.82, 2.24) is 15.2 Å². The zero-order chi connectivity index (χ0) is 12.1. The van der Waals surface area contributed by atoms with Crippen molar-refractivity contribution in [2.45, 2.75) is 12.5 Å². The van der Waals surface area contributed by atoms with Crippen LogP contribution in [0, 0.1) is 12.3 Å². The van der Waals surface area contributed by atoms with Gasteiger partial charge in [0, 0.05) is 18.2 Å². The lowest BCUT2D eigenvalue weighted by Gasteiger charge is -2.09. The molecule has 0 fully saturated rings. The van der Waals surface area contributed by atoms with Gasteiger partial charge in [-0.2, -0.15) is 5.10 Å². The maximum atomic E-state index is 5.46. The largest absolute Gasteiger partial charge is 0.271 e. The molecule has 0 bridgehead atoms. The Balaban J connectivity index is 2.24. The fourth-order valence-corrected chi connectivity index (χ4v) is 1.63. The predicted molar refractivity (Wildman–Crippen MR) is 67.1 cm³/mol. The van der Waals surface area contributed by atoms with Gasteiger partial charge in [-0.3, -0.25) is 11.3 Å². The van der Waals surface area contributed by atoms with Crippen LogP contribution in [0.3, 0.4) is 0 Å². The standard InChI is InChI=1S/C13H14N4/c1-2-6-13(16-14)11-9-15-17(10-11)12-7-4-3-5-8-12/h1,3-5,7-10,13,16H,6,14H2. The van der Waals surface area contributed by atoms with Crippen LogP contribution < -0.4 is 11.3 Å². The molecule has 2 aromatic rings. The Morgan fingerprint density at radius 2 is 2.18 bits per heavy atom. The van der Waals surface area contributed by atoms with Crippen LogP contribution in [0.5, 0.6) is 0 Å². The molecule has 0 radical (unpaired) electrons. The zero-order valence-electron chi connectivity index (χ0n) is 9.38. The van der Waals surface area contributed by atoms with E-state index in [-0.39, 0.29) is 6.04 Å². The minimum absolute atomic E-state index is 0.0579. The van der Waals surface area contributed by atoms with Gasteiger partial charge in [-0.15, -0.1) is 12.3 Å². The summed E-state index contributed by atoms with van der Waals surface area (Å²) in [5, 5.41) is 4.29. The van der Waals surface area contributed by atoms with Crippen molar-refractivity contribution in [2.24, 2.45) is 5.84 Å². The molecule has 1 unspecified atom stereocenters. The van der Waals surface area contributed by atoms with E-state index >= 15 is 0 Å². The third-order valence-electron chi connectivity index (χ3n) is 2.55. The highest BCUT2D eigenvalue weighted by atomic mass is 15.3. The molecule has 2 rings (SSSR count). The fraction of sp³-hybridized carbons (Fsp3) is 0.154. The summed E-state index contributed by atoms with van der Waals surface area (Å²) in [7, 11) is 0. The van der Waals surface area contributed by atoms with Gasteiger partial charge in [-0.1, -0.05) is 18.2 Å². The lowest BCUT2D eigenvalue weighted by Crippen LogP contribution is -2.27. The SMILES string of the molecule is C#CCC(NN)c1cnn(-c2ccccc2)c1. The Bertz CT molecular complexity index is 510. The van der Waals surface area contributed by atoms with Crippen molar-refractivity contribution in [3.05, 3.63) is 48.3 Å². The molecular formula is C13H14N4. The highest BCUT2D eigenvalue weighted by Gasteiger charge is 2.10. The maximum Gasteiger partial charge on any atom is 0.0645 e. The first-order valence-corrected chi connectivity index (χ1v) is 5.34. The summed E-state index contributed by atoms with van der Waals surface area (Å²) in [5.41, 5.74) is 4.68. The van der Waals surface area contributed by atoms with Crippen LogP contribution in [0.2, 0.25) is 0 Å². The molecule has 0 aliphatic heterocycles. The molecule has 0 aliphatic rings. The van der Waals surface area contributed by atoms with Crippen LogP contribution in [0.25, 0.3) is 5.69 Å². The fourth-order valence-electron chi connectivity index (χ4n) is 1.63. The molecule has 1 heterocycles. The van der Waals surface area contributed by atoms with Crippen LogP contribution in [0.1, 0.15) is 18.0 Å². The number of hydrazine groups is 1. The second kappa shape index (κ2) is 5.30. The molecule has 0 amide bonds. The van der Waals surface area contributed by atoms with E-state index in [1.807, 2.05) is 36.5 Å². The highest BCUT2D eigenvalue weighted by Crippen LogP contribution is 2.16. The number of rotatable bonds is 4. The van der Waals surface area contributed by atoms with E-state index in [9.17, 15) is 0 Å². The van der Waals surface area contributed by atoms with E-state index in [4.69, 9.17) is 12.3 Å². The summed E-state index contributed by atoms with van der Waals surface area (Å²) >= 11 is 0. The third kappa shape index (κ3) is 2.53. The van der Waals surface area contributed by atoms with Gasteiger partial charge in [0.15, 0.2) is 0 Å². The lowest BCUT2D eigenvalue weighted by molar-refractivity contribution is 0.568. The first-order valence-electron chi connectivity index (χ1n) is 5.34. The summed E-state index contributed by atoms with van der Waals surface area (Å²) in [6.07, 6.45) is 9.53. The summed E-state index contributed by atoms with van der Waals surface area (Å²) in [6.45, 7) is 0. The number of nitrogens with two attached hydrogens (primary N) is 1. The number of para-hydroxylation sites is 1. The monoisotopic (exact) mass is 226 g/mol. The maximum absolute atomic E-state index is 5.46. The van der Waals surface area contributed by atoms with Gasteiger partial charge in [0.2, 0.25) is 0 Å². The lowest BCUT2D eigenvalue weighted by atomic mass is 10.1. The number of benzene rings is 1. The molecule has 86 valence electrons. The van der Waals surface area contributed by atoms with Crippen molar-refractivity contribution < 1.29 is 0 Å². The second-order valence-electron chi connectivity index (χ2n) is 3.68. The van der Waals surface area contributed by atoms with Gasteiger partial charge in [-0.25, -0.2) is 4.68 Å². The number of hydrogen-bond acceptors (Lipinski definition) is 3. The molecule has 0 aliphatic carbocycles. The molecule has 1 atom stereocenters. The molecule has 4 heteroatoms. The van der Waals surface area contributed by atoms with Gasteiger partial charge in [0.1, 0.15) is 0 Å². The third-order valence-corrected chi connectivity index (χ3v) is 2.55. The van der Waals surface area contributed by atoms with Crippen molar-refractivity contribution in [3.63, 3.8) is 0 Å². The molecule has 4 nitrogen and oxygen atoms in total. The molecule has 1 aromatic carbocycles. The van der Waals surface area contributed by atoms with Gasteiger partial charge in [-0.05, 0) is 12.1 Å². The van der Waals surface area contributed by atoms with Crippen molar-refractivity contribution in [1.29, 1.82) is 0 Å². The van der Waals surface area contributed by atoms with E-state index in [1.54, 1.807) is 10.9 Å². The number of hydrogen-bond donors (Lipinski definition) is 2. The molecule has 17 heavy (non-hydrogen) atoms. The van der Waals surface area contributed by atoms with Crippen LogP contribution >= 0.6 is 0 Å². The average molecular weight is 226 g/mol. The number of terminal acetylenes is 1. The Morgan fingerprint density at radius 1 is 1.41 bits per heavy atom. The van der Waals surface area contributed by atoms with Gasteiger partial charge in [0.25, 0.3) is 0 Å². The van der Waals surface area contributed by atoms with Crippen LogP contribution in [0.15, 0.2) is 42.7 Å². The first-order chi connectivity index (χ1) is 8.35. The van der Waals surface area contributed by atoms with E-state index < -0.39 is 0 Å². The minimum Gasteiger partial charge on any atom is -0.271 e. The normalized spacial score (nSPS) is 12.0. The van der Waals surface area contributed by atoms with E-state index in [1.165, 1.54) is 0 Å². The van der Waals surface area contributed by atoms with Crippen molar-refractivity contribution in [2.75, 3.05) is 0 Å². The molecular weight excluding hydrogens is 212 g/mol. The van der Waals surface area contributed by atoms with Gasteiger partial charge in [0.05, 0.1) is 17.9 Å². The topological polar surface area (TPSA) is 55.9 Å². The van der Waals surface area contributed by atoms with Crippen LogP contribution in [-0.4, -0.2) is 9.78 Å². The smallest absolute Gasteiger partial charge is 0.0645 e. The Hall–Kier alpha value is -2.09. The molecule has 0 saturated heterocycles. The quantitative estimate of drug-likeness (QED) is 0.470. The molecule has 3 N–H and O–H groups in total. The predicted octanol–water partition coefficient (Wildman–Crippen LogP) is 1.40. The van der Waals surface area contributed by atoms with E-state index in [2.05, 4.69) is 16.4 Å². The molecule has 1 aromatic heterocycles. The van der Waals surface area contributed by atoms with Crippen molar-refractivity contribution in [3.8, 4) is 18.0 Å². The Kier molecular flexibility index (Phi) is 3.55. The number of aromatic nitrogens is 2. The summed E-state index contributed by atoms with van der Waals surface area (Å²) in [6, 6.07) is 9.83. The van der Waals surface area contributed by atoms with Crippen LogP contribution in [0.4, 0.5) is 0 Å². The first kappa shape index (κ1) is 11.4. The number of nitrogens with one attached hydrogen (secondary N) is 1. The second-order valence-corrected chi connectivity index (χ2v) is 3.68. The van der Waals surface area contributed by atoms with Crippen LogP contribution in [-0.2, 0) is 0 Å². The van der Waals surface area contributed by atoms with E-state index in [0.717, 1.165) is 11.3 Å². The summed E-state index contributed by atoms with van der Waals surface area (Å²) in [5.74, 6) is 8.04.